The van der Waals surface area contributed by atoms with E-state index >= 15 is 0 Å². The maximum absolute atomic E-state index is 13.7. The lowest BCUT2D eigenvalue weighted by Gasteiger charge is -2.29. The summed E-state index contributed by atoms with van der Waals surface area (Å²) in [5, 5.41) is 5.83. The van der Waals surface area contributed by atoms with Gasteiger partial charge < -0.3 is 10.6 Å². The lowest BCUT2D eigenvalue weighted by atomic mass is 9.95. The average Bonchev–Trinajstić information content (AvgIpc) is 2.35. The summed E-state index contributed by atoms with van der Waals surface area (Å²) < 4.78 is 27.1. The molecule has 0 saturated heterocycles. The van der Waals surface area contributed by atoms with Crippen molar-refractivity contribution in [3.8, 4) is 0 Å². The second-order valence-corrected chi connectivity index (χ2v) is 4.57. The summed E-state index contributed by atoms with van der Waals surface area (Å²) in [5.74, 6) is -1.16. The van der Waals surface area contributed by atoms with Gasteiger partial charge in [0.2, 0.25) is 0 Å². The van der Waals surface area contributed by atoms with Crippen molar-refractivity contribution in [2.75, 3.05) is 17.2 Å². The van der Waals surface area contributed by atoms with Gasteiger partial charge in [-0.25, -0.2) is 13.8 Å². The first-order chi connectivity index (χ1) is 8.45. The Hall–Kier alpha value is -1.39. The largest absolute Gasteiger partial charge is 0.368 e. The van der Waals surface area contributed by atoms with Crippen LogP contribution in [0.1, 0.15) is 40.5 Å². The number of nitrogens with zero attached hydrogens (tertiary/aromatic N) is 1. The fourth-order valence-corrected chi connectivity index (χ4v) is 1.56. The van der Waals surface area contributed by atoms with Crippen molar-refractivity contribution in [2.24, 2.45) is 0 Å². The molecule has 1 rings (SSSR count). The standard InChI is InChI=1S/C13H21F2N3/c1-5-13(4,6-2)18-12-10(15)8-9(14)11(17-12)16-7-3/h8H,5-7H2,1-4H3,(H2,16,17,18). The highest BCUT2D eigenvalue weighted by molar-refractivity contribution is 5.48. The van der Waals surface area contributed by atoms with Crippen LogP contribution in [0.15, 0.2) is 6.07 Å². The van der Waals surface area contributed by atoms with E-state index in [0.717, 1.165) is 18.9 Å². The Bertz CT molecular complexity index is 403. The Morgan fingerprint density at radius 2 is 1.67 bits per heavy atom. The van der Waals surface area contributed by atoms with Crippen molar-refractivity contribution >= 4 is 11.6 Å². The molecule has 0 saturated carbocycles. The van der Waals surface area contributed by atoms with E-state index in [1.165, 1.54) is 0 Å². The maximum Gasteiger partial charge on any atom is 0.168 e. The predicted molar refractivity (Wildman–Crippen MR) is 70.9 cm³/mol. The highest BCUT2D eigenvalue weighted by Crippen LogP contribution is 2.25. The number of aromatic nitrogens is 1. The SMILES string of the molecule is CCNc1nc(NC(C)(CC)CC)c(F)cc1F. The van der Waals surface area contributed by atoms with Crippen molar-refractivity contribution in [3.63, 3.8) is 0 Å². The Labute approximate surface area is 107 Å². The van der Waals surface area contributed by atoms with Gasteiger partial charge in [0.1, 0.15) is 0 Å². The third-order valence-corrected chi connectivity index (χ3v) is 3.25. The summed E-state index contributed by atoms with van der Waals surface area (Å²) in [7, 11) is 0. The van der Waals surface area contributed by atoms with Gasteiger partial charge in [0.15, 0.2) is 23.3 Å². The first kappa shape index (κ1) is 14.7. The van der Waals surface area contributed by atoms with Gasteiger partial charge in [0.05, 0.1) is 0 Å². The third kappa shape index (κ3) is 3.31. The molecule has 0 amide bonds. The molecule has 1 aromatic heterocycles. The van der Waals surface area contributed by atoms with Crippen LogP contribution in [-0.4, -0.2) is 17.1 Å². The van der Waals surface area contributed by atoms with Crippen LogP contribution in [0.2, 0.25) is 0 Å². The second kappa shape index (κ2) is 5.98. The van der Waals surface area contributed by atoms with E-state index in [0.29, 0.717) is 6.54 Å². The molecule has 0 aromatic carbocycles. The fraction of sp³-hybridized carbons (Fsp3) is 0.615. The van der Waals surface area contributed by atoms with Gasteiger partial charge >= 0.3 is 0 Å². The fourth-order valence-electron chi connectivity index (χ4n) is 1.56. The second-order valence-electron chi connectivity index (χ2n) is 4.57. The monoisotopic (exact) mass is 257 g/mol. The molecule has 0 aliphatic carbocycles. The Balaban J connectivity index is 3.05. The molecule has 3 nitrogen and oxygen atoms in total. The topological polar surface area (TPSA) is 37.0 Å². The van der Waals surface area contributed by atoms with Crippen LogP contribution in [0.4, 0.5) is 20.4 Å². The van der Waals surface area contributed by atoms with Crippen LogP contribution in [0.25, 0.3) is 0 Å². The zero-order chi connectivity index (χ0) is 13.8. The molecule has 0 aliphatic heterocycles. The molecule has 18 heavy (non-hydrogen) atoms. The Kier molecular flexibility index (Phi) is 4.87. The quantitative estimate of drug-likeness (QED) is 0.814. The third-order valence-electron chi connectivity index (χ3n) is 3.25. The van der Waals surface area contributed by atoms with Crippen LogP contribution in [0.3, 0.4) is 0 Å². The minimum Gasteiger partial charge on any atom is -0.368 e. The van der Waals surface area contributed by atoms with Crippen molar-refractivity contribution in [2.45, 2.75) is 46.1 Å². The summed E-state index contributed by atoms with van der Waals surface area (Å²) >= 11 is 0. The normalized spacial score (nSPS) is 11.4. The molecule has 0 atom stereocenters. The van der Waals surface area contributed by atoms with E-state index in [4.69, 9.17) is 0 Å². The number of halogens is 2. The molecule has 0 bridgehead atoms. The number of anilines is 2. The van der Waals surface area contributed by atoms with E-state index in [-0.39, 0.29) is 17.2 Å². The smallest absolute Gasteiger partial charge is 0.168 e. The van der Waals surface area contributed by atoms with Crippen LogP contribution in [-0.2, 0) is 0 Å². The van der Waals surface area contributed by atoms with Gasteiger partial charge in [-0.2, -0.15) is 0 Å². The van der Waals surface area contributed by atoms with Crippen LogP contribution < -0.4 is 10.6 Å². The van der Waals surface area contributed by atoms with E-state index in [2.05, 4.69) is 15.6 Å². The highest BCUT2D eigenvalue weighted by atomic mass is 19.1. The van der Waals surface area contributed by atoms with E-state index in [9.17, 15) is 8.78 Å². The lowest BCUT2D eigenvalue weighted by Crippen LogP contribution is -2.34. The molecule has 5 heteroatoms. The molecular formula is C13H21F2N3. The molecule has 0 fully saturated rings. The molecule has 2 N–H and O–H groups in total. The van der Waals surface area contributed by atoms with Crippen molar-refractivity contribution in [1.29, 1.82) is 0 Å². The van der Waals surface area contributed by atoms with Gasteiger partial charge in [-0.05, 0) is 26.7 Å². The maximum atomic E-state index is 13.7. The van der Waals surface area contributed by atoms with Gasteiger partial charge in [-0.1, -0.05) is 13.8 Å². The Morgan fingerprint density at radius 3 is 2.17 bits per heavy atom. The van der Waals surface area contributed by atoms with E-state index in [1.807, 2.05) is 27.7 Å². The van der Waals surface area contributed by atoms with Crippen LogP contribution in [0, 0.1) is 11.6 Å². The van der Waals surface area contributed by atoms with Crippen LogP contribution in [0.5, 0.6) is 0 Å². The molecule has 0 unspecified atom stereocenters. The first-order valence-corrected chi connectivity index (χ1v) is 6.33. The molecule has 0 spiro atoms. The molecule has 1 aromatic rings. The zero-order valence-corrected chi connectivity index (χ0v) is 11.4. The van der Waals surface area contributed by atoms with E-state index in [1.54, 1.807) is 0 Å². The summed E-state index contributed by atoms with van der Waals surface area (Å²) in [5.41, 5.74) is -0.241. The summed E-state index contributed by atoms with van der Waals surface area (Å²) in [6, 6.07) is 0.860. The lowest BCUT2D eigenvalue weighted by molar-refractivity contribution is 0.470. The summed E-state index contributed by atoms with van der Waals surface area (Å²) in [4.78, 5) is 3.97. The summed E-state index contributed by atoms with van der Waals surface area (Å²) in [6.45, 7) is 8.39. The molecule has 0 aliphatic rings. The summed E-state index contributed by atoms with van der Waals surface area (Å²) in [6.07, 6.45) is 1.66. The first-order valence-electron chi connectivity index (χ1n) is 6.33. The average molecular weight is 257 g/mol. The van der Waals surface area contributed by atoms with Gasteiger partial charge in [-0.15, -0.1) is 0 Å². The van der Waals surface area contributed by atoms with Gasteiger partial charge in [0.25, 0.3) is 0 Å². The molecule has 102 valence electrons. The minimum absolute atomic E-state index is 0.0796. The minimum atomic E-state index is -0.672. The van der Waals surface area contributed by atoms with Gasteiger partial charge in [0, 0.05) is 18.2 Å². The van der Waals surface area contributed by atoms with Crippen LogP contribution >= 0.6 is 0 Å². The molecule has 1 heterocycles. The molecular weight excluding hydrogens is 236 g/mol. The number of pyridine rings is 1. The molecule has 0 radical (unpaired) electrons. The number of rotatable bonds is 6. The van der Waals surface area contributed by atoms with Crippen molar-refractivity contribution in [3.05, 3.63) is 17.7 Å². The number of hydrogen-bond donors (Lipinski definition) is 2. The zero-order valence-electron chi connectivity index (χ0n) is 11.4. The predicted octanol–water partition coefficient (Wildman–Crippen LogP) is 3.78. The van der Waals surface area contributed by atoms with Crippen molar-refractivity contribution in [1.82, 2.24) is 4.98 Å². The Morgan fingerprint density at radius 1 is 1.11 bits per heavy atom. The number of hydrogen-bond acceptors (Lipinski definition) is 3. The van der Waals surface area contributed by atoms with Crippen molar-refractivity contribution < 1.29 is 8.78 Å². The highest BCUT2D eigenvalue weighted by Gasteiger charge is 2.22. The number of nitrogens with one attached hydrogen (secondary N) is 2. The van der Waals surface area contributed by atoms with Gasteiger partial charge in [-0.3, -0.25) is 0 Å². The van der Waals surface area contributed by atoms with E-state index < -0.39 is 11.6 Å².